The number of alkyl carbamates (subject to hydrolysis) is 3. The van der Waals surface area contributed by atoms with Crippen LogP contribution in [0.25, 0.3) is 0 Å². The van der Waals surface area contributed by atoms with E-state index < -0.39 is 24.2 Å². The SMILES string of the molecule is CCCCC(CC)COC(=O)NCCCCCCNC(=O)N(CCCCCCNC(=O)OCC1CO1)C(=O)NCCCCCCNC(=O)OCC1CO1. The first-order valence-electron chi connectivity index (χ1n) is 20.1. The van der Waals surface area contributed by atoms with Gasteiger partial charge in [0.25, 0.3) is 0 Å². The summed E-state index contributed by atoms with van der Waals surface area (Å²) in [7, 11) is 0. The molecular formula is C37H68N6O10. The van der Waals surface area contributed by atoms with Gasteiger partial charge in [-0.15, -0.1) is 0 Å². The summed E-state index contributed by atoms with van der Waals surface area (Å²) in [6, 6.07) is -0.851. The second kappa shape index (κ2) is 29.9. The standard InChI is InChI=1S/C37H68N6O10/c1-3-5-18-30(4-2)25-51-35(46)40-21-14-8-6-12-19-38-33(44)43(24-17-11-10-16-23-42-37(48)53-29-32-27-50-32)34(45)39-20-13-7-9-15-22-41-36(47)52-28-31-26-49-31/h30-32H,3-29H2,1-2H3,(H,38,44)(H,39,45)(H,40,46)(H,41,47)(H,42,48). The van der Waals surface area contributed by atoms with E-state index in [1.165, 1.54) is 4.90 Å². The third-order valence-electron chi connectivity index (χ3n) is 8.97. The molecule has 0 aromatic rings. The van der Waals surface area contributed by atoms with Crippen molar-refractivity contribution < 1.29 is 47.7 Å². The van der Waals surface area contributed by atoms with Crippen molar-refractivity contribution in [1.82, 2.24) is 31.5 Å². The van der Waals surface area contributed by atoms with Crippen molar-refractivity contribution in [3.63, 3.8) is 0 Å². The number of ether oxygens (including phenoxy) is 5. The normalized spacial score (nSPS) is 16.1. The lowest BCUT2D eigenvalue weighted by atomic mass is 10.0. The number of hydrogen-bond donors (Lipinski definition) is 5. The summed E-state index contributed by atoms with van der Waals surface area (Å²) in [5, 5.41) is 14.0. The molecule has 5 N–H and O–H groups in total. The number of imide groups is 1. The monoisotopic (exact) mass is 756 g/mol. The minimum atomic E-state index is -0.452. The van der Waals surface area contributed by atoms with Crippen molar-refractivity contribution in [2.24, 2.45) is 5.92 Å². The summed E-state index contributed by atoms with van der Waals surface area (Å²) in [6.45, 7) is 9.28. The second-order valence-electron chi connectivity index (χ2n) is 13.8. The van der Waals surface area contributed by atoms with E-state index in [9.17, 15) is 24.0 Å². The maximum Gasteiger partial charge on any atom is 0.407 e. The number of epoxide rings is 2. The number of amides is 7. The number of carbonyl (C=O) groups is 5. The Labute approximate surface area is 316 Å². The Bertz CT molecular complexity index is 1030. The molecule has 2 fully saturated rings. The van der Waals surface area contributed by atoms with E-state index in [0.29, 0.717) is 64.9 Å². The molecule has 2 rings (SSSR count). The smallest absolute Gasteiger partial charge is 0.407 e. The quantitative estimate of drug-likeness (QED) is 0.0338. The van der Waals surface area contributed by atoms with Gasteiger partial charge in [-0.25, -0.2) is 28.9 Å². The van der Waals surface area contributed by atoms with Gasteiger partial charge in [0.15, 0.2) is 0 Å². The molecule has 0 aromatic heterocycles. The molecule has 2 saturated heterocycles. The van der Waals surface area contributed by atoms with Crippen molar-refractivity contribution in [3.8, 4) is 0 Å². The van der Waals surface area contributed by atoms with Crippen LogP contribution in [-0.2, 0) is 23.7 Å². The minimum Gasteiger partial charge on any atom is -0.449 e. The highest BCUT2D eigenvalue weighted by atomic mass is 16.6. The van der Waals surface area contributed by atoms with E-state index in [1.807, 2.05) is 0 Å². The van der Waals surface area contributed by atoms with Crippen LogP contribution in [0, 0.1) is 5.92 Å². The van der Waals surface area contributed by atoms with Crippen molar-refractivity contribution in [2.75, 3.05) is 72.3 Å². The lowest BCUT2D eigenvalue weighted by Crippen LogP contribution is -2.49. The van der Waals surface area contributed by atoms with Gasteiger partial charge in [-0.1, -0.05) is 71.6 Å². The molecule has 16 nitrogen and oxygen atoms in total. The second-order valence-corrected chi connectivity index (χ2v) is 13.8. The topological polar surface area (TPSA) is 201 Å². The van der Waals surface area contributed by atoms with Crippen LogP contribution < -0.4 is 26.6 Å². The molecular weight excluding hydrogens is 688 g/mol. The Hall–Kier alpha value is -3.53. The van der Waals surface area contributed by atoms with E-state index >= 15 is 0 Å². The molecule has 0 bridgehead atoms. The first-order chi connectivity index (χ1) is 25.8. The van der Waals surface area contributed by atoms with E-state index in [4.69, 9.17) is 23.7 Å². The van der Waals surface area contributed by atoms with E-state index in [-0.39, 0.29) is 38.1 Å². The van der Waals surface area contributed by atoms with Crippen LogP contribution in [0.3, 0.4) is 0 Å². The predicted octanol–water partition coefficient (Wildman–Crippen LogP) is 5.58. The Kier molecular flexibility index (Phi) is 25.7. The lowest BCUT2D eigenvalue weighted by molar-refractivity contribution is 0.122. The van der Waals surface area contributed by atoms with Gasteiger partial charge in [-0.05, 0) is 50.9 Å². The molecule has 2 heterocycles. The molecule has 0 aliphatic carbocycles. The third kappa shape index (κ3) is 26.0. The fraction of sp³-hybridized carbons (Fsp3) is 0.865. The van der Waals surface area contributed by atoms with Gasteiger partial charge in [-0.3, -0.25) is 0 Å². The first-order valence-corrected chi connectivity index (χ1v) is 20.1. The van der Waals surface area contributed by atoms with Gasteiger partial charge in [0.05, 0.1) is 19.8 Å². The lowest BCUT2D eigenvalue weighted by Gasteiger charge is -2.22. The van der Waals surface area contributed by atoms with Gasteiger partial charge in [0.2, 0.25) is 0 Å². The molecule has 0 spiro atoms. The fourth-order valence-corrected chi connectivity index (χ4v) is 5.31. The largest absolute Gasteiger partial charge is 0.449 e. The zero-order valence-corrected chi connectivity index (χ0v) is 32.4. The zero-order chi connectivity index (χ0) is 38.4. The average Bonchev–Trinajstić information content (AvgIpc) is 4.09. The molecule has 3 unspecified atom stereocenters. The highest BCUT2D eigenvalue weighted by molar-refractivity contribution is 5.93. The molecule has 0 radical (unpaired) electrons. The van der Waals surface area contributed by atoms with Crippen LogP contribution in [0.15, 0.2) is 0 Å². The maximum atomic E-state index is 13.1. The predicted molar refractivity (Wildman–Crippen MR) is 200 cm³/mol. The van der Waals surface area contributed by atoms with Gasteiger partial charge < -0.3 is 50.3 Å². The Balaban J connectivity index is 1.59. The molecule has 0 aromatic carbocycles. The summed E-state index contributed by atoms with van der Waals surface area (Å²) in [5.74, 6) is 0.411. The number of carbonyl (C=O) groups excluding carboxylic acids is 5. The molecule has 2 aliphatic heterocycles. The van der Waals surface area contributed by atoms with E-state index in [2.05, 4.69) is 40.4 Å². The maximum absolute atomic E-state index is 13.1. The van der Waals surface area contributed by atoms with Gasteiger partial charge in [0, 0.05) is 39.3 Å². The molecule has 3 atom stereocenters. The van der Waals surface area contributed by atoms with Crippen molar-refractivity contribution >= 4 is 30.3 Å². The van der Waals surface area contributed by atoms with Gasteiger partial charge >= 0.3 is 30.3 Å². The Morgan fingerprint density at radius 2 is 0.962 bits per heavy atom. The van der Waals surface area contributed by atoms with Gasteiger partial charge in [-0.2, -0.15) is 0 Å². The fourth-order valence-electron chi connectivity index (χ4n) is 5.31. The van der Waals surface area contributed by atoms with Crippen LogP contribution >= 0.6 is 0 Å². The summed E-state index contributed by atoms with van der Waals surface area (Å²) >= 11 is 0. The van der Waals surface area contributed by atoms with Crippen molar-refractivity contribution in [2.45, 2.75) is 129 Å². The molecule has 2 aliphatic rings. The molecule has 306 valence electrons. The van der Waals surface area contributed by atoms with Gasteiger partial charge in [0.1, 0.15) is 25.4 Å². The zero-order valence-electron chi connectivity index (χ0n) is 32.4. The van der Waals surface area contributed by atoms with Crippen LogP contribution in [0.5, 0.6) is 0 Å². The highest BCUT2D eigenvalue weighted by Gasteiger charge is 2.25. The summed E-state index contributed by atoms with van der Waals surface area (Å²) in [5.41, 5.74) is 0. The van der Waals surface area contributed by atoms with Crippen LogP contribution in [-0.4, -0.2) is 120 Å². The van der Waals surface area contributed by atoms with Crippen molar-refractivity contribution in [1.29, 1.82) is 0 Å². The number of nitrogens with one attached hydrogen (secondary N) is 5. The number of urea groups is 2. The molecule has 53 heavy (non-hydrogen) atoms. The van der Waals surface area contributed by atoms with Crippen LogP contribution in [0.2, 0.25) is 0 Å². The highest BCUT2D eigenvalue weighted by Crippen LogP contribution is 2.13. The third-order valence-corrected chi connectivity index (χ3v) is 8.97. The molecule has 0 saturated carbocycles. The number of hydrogen-bond acceptors (Lipinski definition) is 10. The molecule has 7 amide bonds. The van der Waals surface area contributed by atoms with E-state index in [0.717, 1.165) is 96.3 Å². The Morgan fingerprint density at radius 1 is 0.566 bits per heavy atom. The van der Waals surface area contributed by atoms with E-state index in [1.54, 1.807) is 0 Å². The van der Waals surface area contributed by atoms with Crippen LogP contribution in [0.4, 0.5) is 24.0 Å². The molecule has 16 heteroatoms. The number of rotatable bonds is 31. The minimum absolute atomic E-state index is 0.0297. The number of nitrogens with zero attached hydrogens (tertiary/aromatic N) is 1. The average molecular weight is 757 g/mol. The Morgan fingerprint density at radius 3 is 1.36 bits per heavy atom. The first kappa shape index (κ1) is 45.6. The summed E-state index contributed by atoms with van der Waals surface area (Å²) < 4.78 is 25.5. The van der Waals surface area contributed by atoms with Crippen LogP contribution in [0.1, 0.15) is 117 Å². The summed E-state index contributed by atoms with van der Waals surface area (Å²) in [4.78, 5) is 62.6. The number of unbranched alkanes of at least 4 members (excludes halogenated alkanes) is 10. The van der Waals surface area contributed by atoms with Crippen molar-refractivity contribution in [3.05, 3.63) is 0 Å². The summed E-state index contributed by atoms with van der Waals surface area (Å²) in [6.07, 6.45) is 12.8.